The summed E-state index contributed by atoms with van der Waals surface area (Å²) in [6.45, 7) is 5.25. The van der Waals surface area contributed by atoms with Gasteiger partial charge in [0, 0.05) is 13.0 Å². The van der Waals surface area contributed by atoms with E-state index in [0.29, 0.717) is 17.8 Å². The van der Waals surface area contributed by atoms with Gasteiger partial charge in [-0.1, -0.05) is 38.8 Å². The van der Waals surface area contributed by atoms with Crippen molar-refractivity contribution in [1.82, 2.24) is 5.32 Å². The summed E-state index contributed by atoms with van der Waals surface area (Å²) in [5.74, 6) is 3.00. The SMILES string of the molecule is CCC(CC)CNC(=O)CC1CC2C=CC1C2. The zero-order valence-corrected chi connectivity index (χ0v) is 11.1. The van der Waals surface area contributed by atoms with E-state index in [-0.39, 0.29) is 5.91 Å². The molecule has 2 rings (SSSR count). The standard InChI is InChI=1S/C15H25NO/c1-3-11(4-2)10-16-15(17)9-14-8-12-5-6-13(14)7-12/h5-6,11-14H,3-4,7-10H2,1-2H3,(H,16,17). The predicted molar refractivity (Wildman–Crippen MR) is 70.5 cm³/mol. The van der Waals surface area contributed by atoms with E-state index in [1.165, 1.54) is 12.8 Å². The first-order valence-corrected chi connectivity index (χ1v) is 7.17. The summed E-state index contributed by atoms with van der Waals surface area (Å²) < 4.78 is 0. The van der Waals surface area contributed by atoms with E-state index in [1.54, 1.807) is 0 Å². The lowest BCUT2D eigenvalue weighted by Crippen LogP contribution is -2.31. The van der Waals surface area contributed by atoms with Crippen LogP contribution in [0, 0.1) is 23.7 Å². The largest absolute Gasteiger partial charge is 0.356 e. The Labute approximate surface area is 105 Å². The minimum absolute atomic E-state index is 0.267. The summed E-state index contributed by atoms with van der Waals surface area (Å²) in [4.78, 5) is 11.9. The molecular formula is C15H25NO. The second-order valence-corrected chi connectivity index (χ2v) is 5.73. The Balaban J connectivity index is 1.69. The molecule has 2 aliphatic carbocycles. The lowest BCUT2D eigenvalue weighted by atomic mass is 9.90. The average Bonchev–Trinajstić information content (AvgIpc) is 2.92. The van der Waals surface area contributed by atoms with Gasteiger partial charge in [0.05, 0.1) is 0 Å². The molecule has 96 valence electrons. The summed E-state index contributed by atoms with van der Waals surface area (Å²) in [6.07, 6.45) is 10.3. The predicted octanol–water partition coefficient (Wildman–Crippen LogP) is 3.14. The normalized spacial score (nSPS) is 30.2. The van der Waals surface area contributed by atoms with Gasteiger partial charge in [0.2, 0.25) is 5.91 Å². The summed E-state index contributed by atoms with van der Waals surface area (Å²) in [6, 6.07) is 0. The first-order valence-electron chi connectivity index (χ1n) is 7.17. The fourth-order valence-electron chi connectivity index (χ4n) is 3.28. The van der Waals surface area contributed by atoms with Crippen molar-refractivity contribution >= 4 is 5.91 Å². The van der Waals surface area contributed by atoms with Crippen molar-refractivity contribution in [2.45, 2.75) is 46.0 Å². The van der Waals surface area contributed by atoms with Crippen molar-refractivity contribution < 1.29 is 4.79 Å². The van der Waals surface area contributed by atoms with Gasteiger partial charge >= 0.3 is 0 Å². The molecule has 0 aromatic carbocycles. The van der Waals surface area contributed by atoms with E-state index in [4.69, 9.17) is 0 Å². The summed E-state index contributed by atoms with van der Waals surface area (Å²) in [5.41, 5.74) is 0. The number of nitrogens with one attached hydrogen (secondary N) is 1. The van der Waals surface area contributed by atoms with Crippen molar-refractivity contribution in [3.05, 3.63) is 12.2 Å². The summed E-state index contributed by atoms with van der Waals surface area (Å²) in [5, 5.41) is 3.11. The second kappa shape index (κ2) is 5.70. The van der Waals surface area contributed by atoms with Gasteiger partial charge < -0.3 is 5.32 Å². The second-order valence-electron chi connectivity index (χ2n) is 5.73. The number of hydrogen-bond donors (Lipinski definition) is 1. The van der Waals surface area contributed by atoms with Crippen LogP contribution in [0.3, 0.4) is 0 Å². The highest BCUT2D eigenvalue weighted by molar-refractivity contribution is 5.76. The van der Waals surface area contributed by atoms with E-state index in [9.17, 15) is 4.79 Å². The maximum absolute atomic E-state index is 11.9. The van der Waals surface area contributed by atoms with E-state index in [0.717, 1.165) is 31.7 Å². The Morgan fingerprint density at radius 3 is 2.59 bits per heavy atom. The molecule has 0 aromatic rings. The molecule has 2 bridgehead atoms. The topological polar surface area (TPSA) is 29.1 Å². The van der Waals surface area contributed by atoms with Gasteiger partial charge in [0.1, 0.15) is 0 Å². The quantitative estimate of drug-likeness (QED) is 0.704. The molecule has 17 heavy (non-hydrogen) atoms. The van der Waals surface area contributed by atoms with Crippen LogP contribution in [0.15, 0.2) is 12.2 Å². The molecule has 0 heterocycles. The molecule has 1 fully saturated rings. The maximum Gasteiger partial charge on any atom is 0.220 e. The molecule has 2 nitrogen and oxygen atoms in total. The third kappa shape index (κ3) is 3.11. The first-order chi connectivity index (χ1) is 8.22. The van der Waals surface area contributed by atoms with Crippen molar-refractivity contribution in [1.29, 1.82) is 0 Å². The van der Waals surface area contributed by atoms with Crippen molar-refractivity contribution in [3.63, 3.8) is 0 Å². The van der Waals surface area contributed by atoms with E-state index in [2.05, 4.69) is 31.3 Å². The molecule has 0 aliphatic heterocycles. The first kappa shape index (κ1) is 12.7. The van der Waals surface area contributed by atoms with Crippen LogP contribution in [0.25, 0.3) is 0 Å². The Kier molecular flexibility index (Phi) is 4.25. The molecule has 1 amide bonds. The van der Waals surface area contributed by atoms with Crippen LogP contribution in [-0.4, -0.2) is 12.5 Å². The number of hydrogen-bond acceptors (Lipinski definition) is 1. The van der Waals surface area contributed by atoms with Crippen molar-refractivity contribution in [2.24, 2.45) is 23.7 Å². The van der Waals surface area contributed by atoms with E-state index in [1.807, 2.05) is 0 Å². The van der Waals surface area contributed by atoms with E-state index >= 15 is 0 Å². The Bertz CT molecular complexity index is 293. The third-order valence-corrected chi connectivity index (χ3v) is 4.61. The van der Waals surface area contributed by atoms with Crippen LogP contribution in [0.1, 0.15) is 46.0 Å². The van der Waals surface area contributed by atoms with Crippen LogP contribution in [-0.2, 0) is 4.79 Å². The van der Waals surface area contributed by atoms with Gasteiger partial charge in [-0.3, -0.25) is 4.79 Å². The van der Waals surface area contributed by atoms with Gasteiger partial charge in [0.25, 0.3) is 0 Å². The highest BCUT2D eigenvalue weighted by Gasteiger charge is 2.36. The minimum atomic E-state index is 0.267. The summed E-state index contributed by atoms with van der Waals surface area (Å²) in [7, 11) is 0. The zero-order valence-electron chi connectivity index (χ0n) is 11.1. The number of rotatable bonds is 6. The zero-order chi connectivity index (χ0) is 12.3. The monoisotopic (exact) mass is 235 g/mol. The molecule has 0 saturated heterocycles. The fraction of sp³-hybridized carbons (Fsp3) is 0.800. The molecule has 1 N–H and O–H groups in total. The van der Waals surface area contributed by atoms with Crippen molar-refractivity contribution in [3.8, 4) is 0 Å². The Hall–Kier alpha value is -0.790. The Morgan fingerprint density at radius 2 is 2.06 bits per heavy atom. The van der Waals surface area contributed by atoms with Gasteiger partial charge in [0.15, 0.2) is 0 Å². The Morgan fingerprint density at radius 1 is 1.29 bits per heavy atom. The van der Waals surface area contributed by atoms with E-state index < -0.39 is 0 Å². The smallest absolute Gasteiger partial charge is 0.220 e. The van der Waals surface area contributed by atoms with Gasteiger partial charge in [-0.2, -0.15) is 0 Å². The highest BCUT2D eigenvalue weighted by atomic mass is 16.1. The molecule has 2 aliphatic rings. The number of carbonyl (C=O) groups excluding carboxylic acids is 1. The number of fused-ring (bicyclic) bond motifs is 2. The lowest BCUT2D eigenvalue weighted by molar-refractivity contribution is -0.122. The lowest BCUT2D eigenvalue weighted by Gasteiger charge is -2.19. The van der Waals surface area contributed by atoms with Crippen LogP contribution >= 0.6 is 0 Å². The molecule has 0 aromatic heterocycles. The highest BCUT2D eigenvalue weighted by Crippen LogP contribution is 2.44. The molecular weight excluding hydrogens is 210 g/mol. The molecule has 3 unspecified atom stereocenters. The fourth-order valence-corrected chi connectivity index (χ4v) is 3.28. The maximum atomic E-state index is 11.9. The number of carbonyl (C=O) groups is 1. The van der Waals surface area contributed by atoms with Gasteiger partial charge in [-0.25, -0.2) is 0 Å². The van der Waals surface area contributed by atoms with Gasteiger partial charge in [-0.15, -0.1) is 0 Å². The molecule has 3 atom stereocenters. The number of amides is 1. The van der Waals surface area contributed by atoms with Crippen LogP contribution in [0.5, 0.6) is 0 Å². The van der Waals surface area contributed by atoms with Crippen molar-refractivity contribution in [2.75, 3.05) is 6.54 Å². The van der Waals surface area contributed by atoms with Crippen LogP contribution in [0.4, 0.5) is 0 Å². The number of allylic oxidation sites excluding steroid dienone is 2. The minimum Gasteiger partial charge on any atom is -0.356 e. The average molecular weight is 235 g/mol. The molecule has 0 spiro atoms. The van der Waals surface area contributed by atoms with Crippen LogP contribution in [0.2, 0.25) is 0 Å². The molecule has 0 radical (unpaired) electrons. The third-order valence-electron chi connectivity index (χ3n) is 4.61. The molecule has 1 saturated carbocycles. The van der Waals surface area contributed by atoms with Gasteiger partial charge in [-0.05, 0) is 36.5 Å². The summed E-state index contributed by atoms with van der Waals surface area (Å²) >= 11 is 0. The van der Waals surface area contributed by atoms with Crippen LogP contribution < -0.4 is 5.32 Å². The molecule has 2 heteroatoms.